The molecule has 2 heterocycles. The minimum Gasteiger partial charge on any atom is -0.497 e. The minimum absolute atomic E-state index is 0. The van der Waals surface area contributed by atoms with Crippen molar-refractivity contribution in [3.63, 3.8) is 0 Å². The zero-order chi connectivity index (χ0) is 18.0. The van der Waals surface area contributed by atoms with Gasteiger partial charge in [-0.2, -0.15) is 4.31 Å². The molecular weight excluding hydrogens is 384 g/mol. The number of fused-ring (bicyclic) bond motifs is 1. The minimum atomic E-state index is -3.81. The number of methoxy groups -OCH3 is 1. The summed E-state index contributed by atoms with van der Waals surface area (Å²) in [5.74, 6) is -0.428. The first kappa shape index (κ1) is 20.2. The summed E-state index contributed by atoms with van der Waals surface area (Å²) >= 11 is 0. The van der Waals surface area contributed by atoms with Crippen LogP contribution in [0.1, 0.15) is 17.0 Å². The fraction of sp³-hybridized carbons (Fsp3) is 0.333. The number of benzene rings is 1. The van der Waals surface area contributed by atoms with Gasteiger partial charge in [-0.15, -0.1) is 12.4 Å². The molecule has 2 aromatic rings. The summed E-state index contributed by atoms with van der Waals surface area (Å²) in [6, 6.07) is 5.61. The normalized spacial score (nSPS) is 17.1. The number of carbonyl (C=O) groups is 1. The number of rotatable bonds is 5. The van der Waals surface area contributed by atoms with Crippen molar-refractivity contribution in [3.8, 4) is 5.75 Å². The van der Waals surface area contributed by atoms with Crippen molar-refractivity contribution in [2.45, 2.75) is 24.8 Å². The number of ether oxygens (including phenoxy) is 1. The van der Waals surface area contributed by atoms with Crippen LogP contribution in [0.5, 0.6) is 5.75 Å². The molecule has 1 aliphatic heterocycles. The number of aromatic nitrogens is 2. The van der Waals surface area contributed by atoms with Gasteiger partial charge in [-0.3, -0.25) is 10.0 Å². The Bertz CT molecular complexity index is 868. The second kappa shape index (κ2) is 8.04. The lowest BCUT2D eigenvalue weighted by atomic mass is 10.1. The number of halogens is 1. The van der Waals surface area contributed by atoms with Gasteiger partial charge in [0.05, 0.1) is 31.4 Å². The first-order chi connectivity index (χ1) is 11.9. The molecule has 0 aliphatic carbocycles. The topological polar surface area (TPSA) is 125 Å². The van der Waals surface area contributed by atoms with Crippen molar-refractivity contribution < 1.29 is 23.2 Å². The van der Waals surface area contributed by atoms with Crippen LogP contribution >= 0.6 is 12.4 Å². The number of hydroxylamine groups is 1. The summed E-state index contributed by atoms with van der Waals surface area (Å²) in [4.78, 5) is 19.0. The van der Waals surface area contributed by atoms with Gasteiger partial charge < -0.3 is 9.72 Å². The molecule has 1 aromatic heterocycles. The molecule has 26 heavy (non-hydrogen) atoms. The molecule has 3 rings (SSSR count). The fourth-order valence-corrected chi connectivity index (χ4v) is 4.48. The van der Waals surface area contributed by atoms with E-state index in [-0.39, 0.29) is 31.1 Å². The third-order valence-corrected chi connectivity index (χ3v) is 5.93. The molecule has 0 unspecified atom stereocenters. The van der Waals surface area contributed by atoms with Gasteiger partial charge in [0.1, 0.15) is 11.8 Å². The van der Waals surface area contributed by atoms with E-state index in [0.29, 0.717) is 22.7 Å². The number of sulfonamides is 1. The summed E-state index contributed by atoms with van der Waals surface area (Å²) in [5, 5.41) is 8.96. The molecule has 0 spiro atoms. The standard InChI is InChI=1S/C15H18N4O5S.ClH/c1-24-11-4-2-10(3-5-11)8-25(22,23)19-7-13-12(16-9-17-13)6-14(19)15(20)18-21;/h2-5,9,14,21H,6-8H2,1H3,(H,16,17)(H,18,20);1H/t14-;/m1./s1. The van der Waals surface area contributed by atoms with Gasteiger partial charge in [-0.05, 0) is 17.7 Å². The third kappa shape index (κ3) is 3.98. The van der Waals surface area contributed by atoms with E-state index in [2.05, 4.69) is 9.97 Å². The van der Waals surface area contributed by atoms with Crippen LogP contribution in [0, 0.1) is 0 Å². The van der Waals surface area contributed by atoms with Gasteiger partial charge in [0.2, 0.25) is 10.0 Å². The van der Waals surface area contributed by atoms with E-state index in [1.807, 2.05) is 0 Å². The average molecular weight is 403 g/mol. The Morgan fingerprint density at radius 2 is 2.12 bits per heavy atom. The Morgan fingerprint density at radius 3 is 2.73 bits per heavy atom. The molecule has 0 saturated carbocycles. The van der Waals surface area contributed by atoms with E-state index < -0.39 is 22.0 Å². The quantitative estimate of drug-likeness (QED) is 0.497. The highest BCUT2D eigenvalue weighted by Gasteiger charge is 2.39. The van der Waals surface area contributed by atoms with Crippen molar-refractivity contribution in [2.24, 2.45) is 0 Å². The number of amides is 1. The second-order valence-corrected chi connectivity index (χ2v) is 7.59. The van der Waals surface area contributed by atoms with Crippen molar-refractivity contribution in [3.05, 3.63) is 47.5 Å². The number of aromatic amines is 1. The maximum absolute atomic E-state index is 12.9. The monoisotopic (exact) mass is 402 g/mol. The van der Waals surface area contributed by atoms with E-state index >= 15 is 0 Å². The molecule has 1 aromatic carbocycles. The van der Waals surface area contributed by atoms with Crippen molar-refractivity contribution >= 4 is 28.3 Å². The highest BCUT2D eigenvalue weighted by molar-refractivity contribution is 7.88. The van der Waals surface area contributed by atoms with Gasteiger partial charge in [0, 0.05) is 12.1 Å². The Morgan fingerprint density at radius 1 is 1.42 bits per heavy atom. The first-order valence-electron chi connectivity index (χ1n) is 7.52. The SMILES string of the molecule is COc1ccc(CS(=O)(=O)N2Cc3nc[nH]c3C[C@@H]2C(=O)NO)cc1.Cl. The number of hydrogen-bond donors (Lipinski definition) is 3. The number of H-pyrrole nitrogens is 1. The maximum Gasteiger partial charge on any atom is 0.262 e. The molecule has 1 aliphatic rings. The molecule has 1 amide bonds. The van der Waals surface area contributed by atoms with Gasteiger partial charge in [-0.1, -0.05) is 12.1 Å². The largest absolute Gasteiger partial charge is 0.497 e. The summed E-state index contributed by atoms with van der Waals surface area (Å²) in [5.41, 5.74) is 3.36. The van der Waals surface area contributed by atoms with Gasteiger partial charge in [0.15, 0.2) is 0 Å². The van der Waals surface area contributed by atoms with Crippen LogP contribution in [0.25, 0.3) is 0 Å². The van der Waals surface area contributed by atoms with Crippen LogP contribution in [0.15, 0.2) is 30.6 Å². The molecule has 1 atom stereocenters. The molecule has 9 nitrogen and oxygen atoms in total. The fourth-order valence-electron chi connectivity index (χ4n) is 2.82. The van der Waals surface area contributed by atoms with E-state index in [0.717, 1.165) is 4.31 Å². The number of hydrogen-bond acceptors (Lipinski definition) is 6. The lowest BCUT2D eigenvalue weighted by molar-refractivity contribution is -0.133. The summed E-state index contributed by atoms with van der Waals surface area (Å²) in [6.45, 7) is -0.0323. The Labute approximate surface area is 156 Å². The predicted molar refractivity (Wildman–Crippen MR) is 94.4 cm³/mol. The number of carbonyl (C=O) groups excluding carboxylic acids is 1. The summed E-state index contributed by atoms with van der Waals surface area (Å²) in [6.07, 6.45) is 1.57. The van der Waals surface area contributed by atoms with Crippen LogP contribution in [-0.4, -0.2) is 47.0 Å². The molecule has 0 bridgehead atoms. The molecule has 0 fully saturated rings. The molecule has 11 heteroatoms. The summed E-state index contributed by atoms with van der Waals surface area (Å²) in [7, 11) is -2.29. The molecular formula is C15H19ClN4O5S. The predicted octanol–water partition coefficient (Wildman–Crippen LogP) is 0.602. The molecule has 0 saturated heterocycles. The van der Waals surface area contributed by atoms with Crippen molar-refractivity contribution in [2.75, 3.05) is 7.11 Å². The van der Waals surface area contributed by atoms with Crippen molar-refractivity contribution in [1.82, 2.24) is 19.8 Å². The highest BCUT2D eigenvalue weighted by atomic mass is 35.5. The Balaban J connectivity index is 0.00000243. The van der Waals surface area contributed by atoms with Crippen LogP contribution in [0.4, 0.5) is 0 Å². The number of imidazole rings is 1. The third-order valence-electron chi connectivity index (χ3n) is 4.14. The van der Waals surface area contributed by atoms with Crippen molar-refractivity contribution in [1.29, 1.82) is 0 Å². The number of nitrogens with one attached hydrogen (secondary N) is 2. The van der Waals surface area contributed by atoms with Gasteiger partial charge in [-0.25, -0.2) is 18.9 Å². The summed E-state index contributed by atoms with van der Waals surface area (Å²) < 4.78 is 31.9. The zero-order valence-electron chi connectivity index (χ0n) is 13.9. The smallest absolute Gasteiger partial charge is 0.262 e. The van der Waals surface area contributed by atoms with Crippen LogP contribution in [0.2, 0.25) is 0 Å². The Hall–Kier alpha value is -2.14. The average Bonchev–Trinajstić information content (AvgIpc) is 3.08. The van der Waals surface area contributed by atoms with Gasteiger partial charge in [0.25, 0.3) is 5.91 Å². The highest BCUT2D eigenvalue weighted by Crippen LogP contribution is 2.26. The van der Waals surface area contributed by atoms with Crippen LogP contribution in [0.3, 0.4) is 0 Å². The molecule has 3 N–H and O–H groups in total. The molecule has 0 radical (unpaired) electrons. The van der Waals surface area contributed by atoms with Crippen LogP contribution < -0.4 is 10.2 Å². The Kier molecular flexibility index (Phi) is 6.24. The lowest BCUT2D eigenvalue weighted by Gasteiger charge is -2.32. The first-order valence-corrected chi connectivity index (χ1v) is 9.13. The van der Waals surface area contributed by atoms with E-state index in [1.54, 1.807) is 29.7 Å². The van der Waals surface area contributed by atoms with E-state index in [4.69, 9.17) is 9.94 Å². The van der Waals surface area contributed by atoms with E-state index in [9.17, 15) is 13.2 Å². The molecule has 142 valence electrons. The number of nitrogens with zero attached hydrogens (tertiary/aromatic N) is 2. The lowest BCUT2D eigenvalue weighted by Crippen LogP contribution is -2.52. The van der Waals surface area contributed by atoms with Crippen LogP contribution in [-0.2, 0) is 33.5 Å². The second-order valence-electron chi connectivity index (χ2n) is 5.67. The maximum atomic E-state index is 12.9. The zero-order valence-corrected chi connectivity index (χ0v) is 15.5. The van der Waals surface area contributed by atoms with E-state index in [1.165, 1.54) is 13.4 Å². The van der Waals surface area contributed by atoms with Gasteiger partial charge >= 0.3 is 0 Å².